The molecule has 124 valence electrons. The number of H-pyrrole nitrogens is 1. The molecule has 0 atom stereocenters. The number of nitrogens with one attached hydrogen (secondary N) is 1. The minimum Gasteiger partial charge on any atom is -0.479 e. The molecule has 0 radical (unpaired) electrons. The first kappa shape index (κ1) is 15.7. The molecule has 4 heterocycles. The van der Waals surface area contributed by atoms with Crippen LogP contribution in [0.25, 0.3) is 33.7 Å². The van der Waals surface area contributed by atoms with Crippen LogP contribution < -0.4 is 4.74 Å². The third kappa shape index (κ3) is 2.87. The summed E-state index contributed by atoms with van der Waals surface area (Å²) in [6, 6.07) is 11.6. The van der Waals surface area contributed by atoms with Crippen molar-refractivity contribution in [1.82, 2.24) is 25.1 Å². The van der Waals surface area contributed by atoms with E-state index in [4.69, 9.17) is 9.72 Å². The van der Waals surface area contributed by atoms with Crippen LogP contribution in [0.2, 0.25) is 0 Å². The normalized spacial score (nSPS) is 11.0. The van der Waals surface area contributed by atoms with Crippen molar-refractivity contribution in [3.05, 3.63) is 52.8 Å². The quantitative estimate of drug-likeness (QED) is 0.563. The standard InChI is InChI=1S/C18H14BrN5O/c1-10-4-3-5-14(21-10)17-16(18(25-2)24-23-17)13-7-6-12-15(22-13)8-11(19)9-20-12/h3-9H,1-2H3,(H,23,24). The van der Waals surface area contributed by atoms with E-state index in [0.717, 1.165) is 43.8 Å². The number of rotatable bonds is 3. The van der Waals surface area contributed by atoms with Crippen molar-refractivity contribution in [1.29, 1.82) is 0 Å². The van der Waals surface area contributed by atoms with Gasteiger partial charge in [0.05, 0.1) is 40.8 Å². The molecule has 0 unspecified atom stereocenters. The molecule has 0 aliphatic carbocycles. The van der Waals surface area contributed by atoms with Crippen LogP contribution in [-0.4, -0.2) is 32.3 Å². The molecule has 0 amide bonds. The largest absolute Gasteiger partial charge is 0.479 e. The number of ether oxygens (including phenoxy) is 1. The summed E-state index contributed by atoms with van der Waals surface area (Å²) < 4.78 is 6.31. The molecule has 1 N–H and O–H groups in total. The van der Waals surface area contributed by atoms with E-state index in [1.54, 1.807) is 13.3 Å². The van der Waals surface area contributed by atoms with Crippen LogP contribution in [0.5, 0.6) is 5.88 Å². The van der Waals surface area contributed by atoms with Gasteiger partial charge in [-0.05, 0) is 53.2 Å². The lowest BCUT2D eigenvalue weighted by Crippen LogP contribution is -1.93. The number of nitrogens with zero attached hydrogens (tertiary/aromatic N) is 4. The summed E-state index contributed by atoms with van der Waals surface area (Å²) in [4.78, 5) is 13.7. The highest BCUT2D eigenvalue weighted by Gasteiger charge is 2.20. The van der Waals surface area contributed by atoms with Crippen molar-refractivity contribution in [3.8, 4) is 28.5 Å². The maximum Gasteiger partial charge on any atom is 0.242 e. The fourth-order valence-electron chi connectivity index (χ4n) is 2.70. The topological polar surface area (TPSA) is 76.6 Å². The summed E-state index contributed by atoms with van der Waals surface area (Å²) in [5, 5.41) is 7.29. The Labute approximate surface area is 152 Å². The Kier molecular flexibility index (Phi) is 3.93. The second-order valence-electron chi connectivity index (χ2n) is 5.54. The number of aromatic nitrogens is 5. The van der Waals surface area contributed by atoms with Crippen LogP contribution in [-0.2, 0) is 0 Å². The summed E-state index contributed by atoms with van der Waals surface area (Å²) in [6.45, 7) is 1.95. The second-order valence-corrected chi connectivity index (χ2v) is 6.45. The van der Waals surface area contributed by atoms with Crippen LogP contribution in [0, 0.1) is 6.92 Å². The molecule has 4 rings (SSSR count). The molecule has 0 aromatic carbocycles. The molecule has 4 aromatic rings. The van der Waals surface area contributed by atoms with Crippen LogP contribution in [0.4, 0.5) is 0 Å². The first-order valence-corrected chi connectivity index (χ1v) is 8.44. The summed E-state index contributed by atoms with van der Waals surface area (Å²) >= 11 is 3.44. The van der Waals surface area contributed by atoms with E-state index < -0.39 is 0 Å². The van der Waals surface area contributed by atoms with E-state index in [-0.39, 0.29) is 0 Å². The van der Waals surface area contributed by atoms with Crippen molar-refractivity contribution >= 4 is 27.0 Å². The minimum atomic E-state index is 0.480. The molecular weight excluding hydrogens is 382 g/mol. The number of halogens is 1. The van der Waals surface area contributed by atoms with E-state index in [0.29, 0.717) is 5.88 Å². The zero-order valence-corrected chi connectivity index (χ0v) is 15.2. The highest BCUT2D eigenvalue weighted by molar-refractivity contribution is 9.10. The first-order chi connectivity index (χ1) is 12.2. The summed E-state index contributed by atoms with van der Waals surface area (Å²) in [5.41, 5.74) is 5.63. The predicted octanol–water partition coefficient (Wildman–Crippen LogP) is 4.16. The Morgan fingerprint density at radius 2 is 1.92 bits per heavy atom. The molecule has 0 saturated carbocycles. The molecule has 0 spiro atoms. The molecule has 0 saturated heterocycles. The Balaban J connectivity index is 1.94. The van der Waals surface area contributed by atoms with E-state index in [2.05, 4.69) is 36.1 Å². The van der Waals surface area contributed by atoms with Gasteiger partial charge in [-0.15, -0.1) is 5.10 Å². The van der Waals surface area contributed by atoms with Crippen LogP contribution in [0.3, 0.4) is 0 Å². The molecule has 6 nitrogen and oxygen atoms in total. The molecule has 0 aliphatic heterocycles. The SMILES string of the molecule is COc1n[nH]c(-c2cccc(C)n2)c1-c1ccc2ncc(Br)cc2n1. The van der Waals surface area contributed by atoms with Gasteiger partial charge in [0.1, 0.15) is 0 Å². The Bertz CT molecular complexity index is 1080. The van der Waals surface area contributed by atoms with E-state index in [1.165, 1.54) is 0 Å². The van der Waals surface area contributed by atoms with Crippen molar-refractivity contribution in [2.24, 2.45) is 0 Å². The number of pyridine rings is 3. The molecule has 4 aromatic heterocycles. The van der Waals surface area contributed by atoms with Gasteiger partial charge in [-0.1, -0.05) is 6.07 Å². The lowest BCUT2D eigenvalue weighted by atomic mass is 10.1. The summed E-state index contributed by atoms with van der Waals surface area (Å²) in [6.07, 6.45) is 1.75. The highest BCUT2D eigenvalue weighted by atomic mass is 79.9. The highest BCUT2D eigenvalue weighted by Crippen LogP contribution is 2.36. The van der Waals surface area contributed by atoms with Gasteiger partial charge in [-0.3, -0.25) is 15.1 Å². The zero-order chi connectivity index (χ0) is 17.4. The summed E-state index contributed by atoms with van der Waals surface area (Å²) in [7, 11) is 1.59. The second kappa shape index (κ2) is 6.25. The number of hydrogen-bond acceptors (Lipinski definition) is 5. The lowest BCUT2D eigenvalue weighted by molar-refractivity contribution is 0.398. The van der Waals surface area contributed by atoms with Gasteiger partial charge < -0.3 is 4.74 Å². The molecule has 0 aliphatic rings. The minimum absolute atomic E-state index is 0.480. The smallest absolute Gasteiger partial charge is 0.242 e. The Hall–Kier alpha value is -2.80. The van der Waals surface area contributed by atoms with Crippen molar-refractivity contribution in [2.75, 3.05) is 7.11 Å². The first-order valence-electron chi connectivity index (χ1n) is 7.65. The van der Waals surface area contributed by atoms with Gasteiger partial charge in [0, 0.05) is 16.4 Å². The van der Waals surface area contributed by atoms with Crippen LogP contribution >= 0.6 is 15.9 Å². The van der Waals surface area contributed by atoms with Gasteiger partial charge in [-0.25, -0.2) is 4.98 Å². The third-order valence-corrected chi connectivity index (χ3v) is 4.26. The zero-order valence-electron chi connectivity index (χ0n) is 13.6. The molecule has 25 heavy (non-hydrogen) atoms. The Morgan fingerprint density at radius 3 is 2.72 bits per heavy atom. The van der Waals surface area contributed by atoms with Gasteiger partial charge in [-0.2, -0.15) is 0 Å². The molecule has 0 fully saturated rings. The number of hydrogen-bond donors (Lipinski definition) is 1. The monoisotopic (exact) mass is 395 g/mol. The van der Waals surface area contributed by atoms with Crippen molar-refractivity contribution in [3.63, 3.8) is 0 Å². The average molecular weight is 396 g/mol. The third-order valence-electron chi connectivity index (χ3n) is 3.83. The molecular formula is C18H14BrN5O. The number of fused-ring (bicyclic) bond motifs is 1. The van der Waals surface area contributed by atoms with E-state index in [9.17, 15) is 0 Å². The maximum absolute atomic E-state index is 5.43. The van der Waals surface area contributed by atoms with Gasteiger partial charge in [0.25, 0.3) is 0 Å². The van der Waals surface area contributed by atoms with Gasteiger partial charge in [0.2, 0.25) is 5.88 Å². The maximum atomic E-state index is 5.43. The fourth-order valence-corrected chi connectivity index (χ4v) is 3.02. The van der Waals surface area contributed by atoms with E-state index in [1.807, 2.05) is 43.3 Å². The van der Waals surface area contributed by atoms with Gasteiger partial charge in [0.15, 0.2) is 0 Å². The predicted molar refractivity (Wildman–Crippen MR) is 99.3 cm³/mol. The number of methoxy groups -OCH3 is 1. The molecule has 0 bridgehead atoms. The van der Waals surface area contributed by atoms with Crippen LogP contribution in [0.15, 0.2) is 47.1 Å². The average Bonchev–Trinajstić information content (AvgIpc) is 3.05. The van der Waals surface area contributed by atoms with Crippen molar-refractivity contribution < 1.29 is 4.74 Å². The van der Waals surface area contributed by atoms with E-state index >= 15 is 0 Å². The fraction of sp³-hybridized carbons (Fsp3) is 0.111. The van der Waals surface area contributed by atoms with Crippen LogP contribution in [0.1, 0.15) is 5.69 Å². The molecule has 7 heteroatoms. The Morgan fingerprint density at radius 1 is 1.04 bits per heavy atom. The lowest BCUT2D eigenvalue weighted by Gasteiger charge is -2.06. The number of aryl methyl sites for hydroxylation is 1. The van der Waals surface area contributed by atoms with Gasteiger partial charge >= 0.3 is 0 Å². The number of aromatic amines is 1. The summed E-state index contributed by atoms with van der Waals surface area (Å²) in [5.74, 6) is 0.480. The van der Waals surface area contributed by atoms with Crippen molar-refractivity contribution in [2.45, 2.75) is 6.92 Å².